The van der Waals surface area contributed by atoms with E-state index in [-0.39, 0.29) is 47.0 Å². The molecule has 0 amide bonds. The van der Waals surface area contributed by atoms with Gasteiger partial charge in [-0.3, -0.25) is 0 Å². The van der Waals surface area contributed by atoms with Crippen LogP contribution >= 0.6 is 0 Å². The zero-order chi connectivity index (χ0) is 17.9. The summed E-state index contributed by atoms with van der Waals surface area (Å²) in [6.07, 6.45) is 0.809. The molecular weight excluding hydrogens is 335 g/mol. The molecule has 0 aliphatic rings. The van der Waals surface area contributed by atoms with Gasteiger partial charge in [0.2, 0.25) is 0 Å². The number of methoxy groups -OCH3 is 1. The van der Waals surface area contributed by atoms with Crippen LogP contribution in [0.3, 0.4) is 0 Å². The van der Waals surface area contributed by atoms with Crippen molar-refractivity contribution in [3.63, 3.8) is 0 Å². The summed E-state index contributed by atoms with van der Waals surface area (Å²) in [5.41, 5.74) is 0.900. The van der Waals surface area contributed by atoms with Crippen molar-refractivity contribution < 1.29 is 29.3 Å². The van der Waals surface area contributed by atoms with Crippen LogP contribution in [0.5, 0.6) is 11.5 Å². The molecule has 7 heteroatoms. The van der Waals surface area contributed by atoms with Crippen molar-refractivity contribution >= 4 is 41.5 Å². The molecule has 25 heavy (non-hydrogen) atoms. The first-order valence-corrected chi connectivity index (χ1v) is 7.31. The van der Waals surface area contributed by atoms with Gasteiger partial charge in [-0.1, -0.05) is 6.92 Å². The van der Waals surface area contributed by atoms with Gasteiger partial charge >= 0.3 is 11.9 Å². The number of phenols is 2. The Morgan fingerprint density at radius 2 is 1.24 bits per heavy atom. The molecule has 1 radical (unpaired) electrons. The van der Waals surface area contributed by atoms with Crippen LogP contribution in [-0.2, 0) is 9.47 Å². The van der Waals surface area contributed by atoms with Gasteiger partial charge in [-0.2, -0.15) is 0 Å². The van der Waals surface area contributed by atoms with Crippen LogP contribution in [0, 0.1) is 0 Å². The molecule has 0 saturated heterocycles. The van der Waals surface area contributed by atoms with Crippen LogP contribution in [-0.4, -0.2) is 65.4 Å². The van der Waals surface area contributed by atoms with E-state index in [1.807, 2.05) is 6.92 Å². The minimum absolute atomic E-state index is 0. The number of aromatic hydroxyl groups is 2. The maximum Gasteiger partial charge on any atom is 0.338 e. The van der Waals surface area contributed by atoms with Gasteiger partial charge in [0.25, 0.3) is 0 Å². The van der Waals surface area contributed by atoms with Crippen molar-refractivity contribution in [2.45, 2.75) is 13.3 Å². The second kappa shape index (κ2) is 12.4. The molecule has 2 aromatic rings. The fourth-order valence-electron chi connectivity index (χ4n) is 1.59. The predicted octanol–water partition coefficient (Wildman–Crippen LogP) is 2.76. The molecule has 0 aromatic heterocycles. The van der Waals surface area contributed by atoms with E-state index in [0.29, 0.717) is 17.7 Å². The zero-order valence-electron chi connectivity index (χ0n) is 14.6. The fourth-order valence-corrected chi connectivity index (χ4v) is 1.59. The Morgan fingerprint density at radius 3 is 1.60 bits per heavy atom. The van der Waals surface area contributed by atoms with Crippen LogP contribution in [0.25, 0.3) is 0 Å². The summed E-state index contributed by atoms with van der Waals surface area (Å²) >= 11 is 0. The number of carbonyl (C=O) groups excluding carboxylic acids is 2. The largest absolute Gasteiger partial charge is 0.508 e. The van der Waals surface area contributed by atoms with E-state index in [1.165, 1.54) is 55.6 Å². The molecule has 2 rings (SSSR count). The summed E-state index contributed by atoms with van der Waals surface area (Å²) in [6, 6.07) is 11.9. The molecule has 0 spiro atoms. The monoisotopic (exact) mass is 355 g/mol. The normalized spacial score (nSPS) is 9.04. The third-order valence-electron chi connectivity index (χ3n) is 2.83. The number of benzene rings is 2. The topological polar surface area (TPSA) is 93.1 Å². The molecule has 2 N–H and O–H groups in total. The van der Waals surface area contributed by atoms with Crippen molar-refractivity contribution in [2.75, 3.05) is 13.7 Å². The molecule has 0 saturated carbocycles. The molecular formula is C18H20NaO6. The Labute approximate surface area is 168 Å². The summed E-state index contributed by atoms with van der Waals surface area (Å²) in [4.78, 5) is 22.0. The SMILES string of the molecule is CCCOC(=O)c1ccc(O)cc1.COC(=O)c1ccc(O)cc1.[Na]. The average molecular weight is 355 g/mol. The van der Waals surface area contributed by atoms with Crippen LogP contribution in [0.2, 0.25) is 0 Å². The van der Waals surface area contributed by atoms with Gasteiger partial charge in [-0.05, 0) is 55.0 Å². The van der Waals surface area contributed by atoms with Gasteiger partial charge in [0.15, 0.2) is 0 Å². The van der Waals surface area contributed by atoms with Crippen molar-refractivity contribution in [2.24, 2.45) is 0 Å². The number of rotatable bonds is 4. The number of ether oxygens (including phenoxy) is 2. The van der Waals surface area contributed by atoms with Gasteiger partial charge in [0.05, 0.1) is 24.8 Å². The predicted molar refractivity (Wildman–Crippen MR) is 93.9 cm³/mol. The number of esters is 2. The van der Waals surface area contributed by atoms with Crippen molar-refractivity contribution in [1.82, 2.24) is 0 Å². The first kappa shape index (κ1) is 23.0. The van der Waals surface area contributed by atoms with Gasteiger partial charge in [-0.25, -0.2) is 9.59 Å². The molecule has 0 unspecified atom stereocenters. The van der Waals surface area contributed by atoms with Crippen LogP contribution in [0.1, 0.15) is 34.1 Å². The summed E-state index contributed by atoms with van der Waals surface area (Å²) in [5.74, 6) is -0.462. The quantitative estimate of drug-likeness (QED) is 0.647. The Bertz CT molecular complexity index is 652. The fraction of sp³-hybridized carbons (Fsp3) is 0.222. The van der Waals surface area contributed by atoms with Crippen LogP contribution < -0.4 is 0 Å². The van der Waals surface area contributed by atoms with Gasteiger partial charge in [-0.15, -0.1) is 0 Å². The first-order valence-electron chi connectivity index (χ1n) is 7.31. The smallest absolute Gasteiger partial charge is 0.338 e. The van der Waals surface area contributed by atoms with Crippen molar-refractivity contribution in [3.8, 4) is 11.5 Å². The van der Waals surface area contributed by atoms with E-state index in [2.05, 4.69) is 4.74 Å². The number of hydrogen-bond donors (Lipinski definition) is 2. The van der Waals surface area contributed by atoms with E-state index >= 15 is 0 Å². The summed E-state index contributed by atoms with van der Waals surface area (Å²) in [5, 5.41) is 17.8. The second-order valence-corrected chi connectivity index (χ2v) is 4.72. The number of carbonyl (C=O) groups is 2. The number of hydrogen-bond acceptors (Lipinski definition) is 6. The van der Waals surface area contributed by atoms with Crippen molar-refractivity contribution in [1.29, 1.82) is 0 Å². The van der Waals surface area contributed by atoms with Crippen LogP contribution in [0.4, 0.5) is 0 Å². The van der Waals surface area contributed by atoms with Crippen molar-refractivity contribution in [3.05, 3.63) is 59.7 Å². The van der Waals surface area contributed by atoms with Gasteiger partial charge < -0.3 is 19.7 Å². The van der Waals surface area contributed by atoms with E-state index in [0.717, 1.165) is 6.42 Å². The Balaban J connectivity index is 0.000000449. The summed E-state index contributed by atoms with van der Waals surface area (Å²) < 4.78 is 9.35. The van der Waals surface area contributed by atoms with E-state index in [4.69, 9.17) is 14.9 Å². The molecule has 0 aliphatic heterocycles. The minimum atomic E-state index is -0.398. The van der Waals surface area contributed by atoms with E-state index < -0.39 is 5.97 Å². The third-order valence-corrected chi connectivity index (χ3v) is 2.83. The Hall–Kier alpha value is -2.02. The number of phenolic OH excluding ortho intramolecular Hbond substituents is 2. The third kappa shape index (κ3) is 8.58. The van der Waals surface area contributed by atoms with Crippen LogP contribution in [0.15, 0.2) is 48.5 Å². The zero-order valence-corrected chi connectivity index (χ0v) is 16.6. The average Bonchev–Trinajstić information content (AvgIpc) is 2.61. The molecule has 0 heterocycles. The summed E-state index contributed by atoms with van der Waals surface area (Å²) in [7, 11) is 1.31. The standard InChI is InChI=1S/C10H12O3.C8H8O3.Na/c1-2-7-13-10(12)8-3-5-9(11)6-4-8;1-11-8(10)6-2-4-7(9)5-3-6;/h3-6,11H,2,7H2,1H3;2-5,9H,1H3;. The Kier molecular flexibility index (Phi) is 11.4. The van der Waals surface area contributed by atoms with Gasteiger partial charge in [0.1, 0.15) is 11.5 Å². The van der Waals surface area contributed by atoms with E-state index in [1.54, 1.807) is 0 Å². The molecule has 0 fully saturated rings. The molecule has 0 aliphatic carbocycles. The first-order chi connectivity index (χ1) is 11.5. The maximum atomic E-state index is 11.2. The van der Waals surface area contributed by atoms with E-state index in [9.17, 15) is 9.59 Å². The Morgan fingerprint density at radius 1 is 0.840 bits per heavy atom. The minimum Gasteiger partial charge on any atom is -0.508 e. The molecule has 0 atom stereocenters. The maximum absolute atomic E-state index is 11.2. The molecule has 0 bridgehead atoms. The van der Waals surface area contributed by atoms with Gasteiger partial charge in [0, 0.05) is 29.6 Å². The molecule has 6 nitrogen and oxygen atoms in total. The molecule has 129 valence electrons. The summed E-state index contributed by atoms with van der Waals surface area (Å²) in [6.45, 7) is 2.36. The second-order valence-electron chi connectivity index (χ2n) is 4.72. The molecule has 2 aromatic carbocycles.